The first kappa shape index (κ1) is 41.1. The van der Waals surface area contributed by atoms with Crippen molar-refractivity contribution < 1.29 is 47.8 Å². The van der Waals surface area contributed by atoms with Crippen LogP contribution >= 0.6 is 22.9 Å². The van der Waals surface area contributed by atoms with Gasteiger partial charge in [-0.25, -0.2) is 4.98 Å². The number of amides is 7. The summed E-state index contributed by atoms with van der Waals surface area (Å²) in [6, 6.07) is 19.1. The SMILES string of the molecule is O=C1CCC(N2C(=O)c3cccc(NC(=O)COCCOCCOCCN(C(=O)CCl)C(C(=O)NCc4ccccc4)c4nc5ccccc5s4)c3C2=O)C(=O)N1. The van der Waals surface area contributed by atoms with E-state index in [2.05, 4.69) is 20.9 Å². The van der Waals surface area contributed by atoms with Crippen LogP contribution in [0.2, 0.25) is 0 Å². The zero-order valence-corrected chi connectivity index (χ0v) is 32.1. The van der Waals surface area contributed by atoms with Crippen LogP contribution in [0.5, 0.6) is 0 Å². The molecule has 18 heteroatoms. The number of para-hydroxylation sites is 1. The first-order valence-electron chi connectivity index (χ1n) is 18.1. The number of nitrogens with one attached hydrogen (secondary N) is 3. The van der Waals surface area contributed by atoms with Gasteiger partial charge in [-0.05, 0) is 36.2 Å². The molecule has 0 saturated carbocycles. The van der Waals surface area contributed by atoms with E-state index in [1.54, 1.807) is 0 Å². The maximum atomic E-state index is 13.7. The fourth-order valence-corrected chi connectivity index (χ4v) is 7.56. The van der Waals surface area contributed by atoms with Crippen molar-refractivity contribution in [3.63, 3.8) is 0 Å². The number of carbonyl (C=O) groups is 7. The smallest absolute Gasteiger partial charge is 0.264 e. The minimum absolute atomic E-state index is 0.0102. The summed E-state index contributed by atoms with van der Waals surface area (Å²) >= 11 is 7.33. The number of carbonyl (C=O) groups excluding carboxylic acids is 7. The summed E-state index contributed by atoms with van der Waals surface area (Å²) in [4.78, 5) is 96.5. The van der Waals surface area contributed by atoms with Gasteiger partial charge in [-0.2, -0.15) is 0 Å². The standard InChI is InChI=1S/C39H39ClN6O10S/c40-21-32(49)45(34(36(51)41-22-24-7-2-1-3-8-24)37-43-26-10-4-5-12-29(26)57-37)15-16-54-17-18-55-19-20-56-23-31(48)42-27-11-6-9-25-33(27)39(53)46(38(25)52)28-13-14-30(47)44-35(28)50/h1-12,28,34H,13-23H2,(H,41,51)(H,42,48)(H,44,47,50). The van der Waals surface area contributed by atoms with Crippen molar-refractivity contribution >= 4 is 80.2 Å². The van der Waals surface area contributed by atoms with Crippen LogP contribution in [-0.2, 0) is 44.7 Å². The Bertz CT molecular complexity index is 2120. The molecular weight excluding hydrogens is 780 g/mol. The number of ether oxygens (including phenoxy) is 3. The predicted molar refractivity (Wildman–Crippen MR) is 207 cm³/mol. The van der Waals surface area contributed by atoms with E-state index in [1.165, 1.54) is 34.4 Å². The van der Waals surface area contributed by atoms with Gasteiger partial charge < -0.3 is 29.7 Å². The number of nitrogens with zero attached hydrogens (tertiary/aromatic N) is 3. The lowest BCUT2D eigenvalue weighted by molar-refractivity contribution is -0.140. The molecule has 2 atom stereocenters. The summed E-state index contributed by atoms with van der Waals surface area (Å²) < 4.78 is 17.6. The Morgan fingerprint density at radius 1 is 0.895 bits per heavy atom. The molecule has 4 aromatic rings. The third kappa shape index (κ3) is 10.1. The largest absolute Gasteiger partial charge is 0.377 e. The monoisotopic (exact) mass is 818 g/mol. The topological polar surface area (TPSA) is 203 Å². The summed E-state index contributed by atoms with van der Waals surface area (Å²) in [6.45, 7) is 0.551. The van der Waals surface area contributed by atoms with Gasteiger partial charge in [-0.1, -0.05) is 48.5 Å². The molecule has 7 amide bonds. The normalized spacial score (nSPS) is 15.7. The van der Waals surface area contributed by atoms with E-state index >= 15 is 0 Å². The molecular formula is C39H39ClN6O10S. The van der Waals surface area contributed by atoms with Crippen molar-refractivity contribution in [2.24, 2.45) is 0 Å². The number of hydrogen-bond acceptors (Lipinski definition) is 12. The van der Waals surface area contributed by atoms with Crippen LogP contribution in [0.1, 0.15) is 50.2 Å². The lowest BCUT2D eigenvalue weighted by Crippen LogP contribution is -2.54. The number of imide groups is 2. The van der Waals surface area contributed by atoms with E-state index in [0.29, 0.717) is 10.5 Å². The molecule has 1 saturated heterocycles. The van der Waals surface area contributed by atoms with Gasteiger partial charge in [0.25, 0.3) is 11.8 Å². The van der Waals surface area contributed by atoms with E-state index in [0.717, 1.165) is 15.2 Å². The highest BCUT2D eigenvalue weighted by Crippen LogP contribution is 2.33. The molecule has 2 aliphatic heterocycles. The van der Waals surface area contributed by atoms with Crippen LogP contribution in [0.4, 0.5) is 5.69 Å². The number of piperidine rings is 1. The second-order valence-corrected chi connectivity index (χ2v) is 14.2. The maximum Gasteiger partial charge on any atom is 0.264 e. The van der Waals surface area contributed by atoms with E-state index < -0.39 is 53.4 Å². The Hall–Kier alpha value is -5.59. The minimum Gasteiger partial charge on any atom is -0.377 e. The van der Waals surface area contributed by atoms with Crippen molar-refractivity contribution in [2.45, 2.75) is 31.5 Å². The first-order valence-corrected chi connectivity index (χ1v) is 19.4. The van der Waals surface area contributed by atoms with Gasteiger partial charge in [-0.15, -0.1) is 22.9 Å². The van der Waals surface area contributed by atoms with Gasteiger partial charge in [-0.3, -0.25) is 43.8 Å². The molecule has 298 valence electrons. The van der Waals surface area contributed by atoms with E-state index in [9.17, 15) is 33.6 Å². The fourth-order valence-electron chi connectivity index (χ4n) is 6.32. The molecule has 1 fully saturated rings. The van der Waals surface area contributed by atoms with Gasteiger partial charge in [0.05, 0.1) is 60.1 Å². The lowest BCUT2D eigenvalue weighted by atomic mass is 10.0. The number of thiazole rings is 1. The number of aromatic nitrogens is 1. The first-order chi connectivity index (χ1) is 27.7. The van der Waals surface area contributed by atoms with Gasteiger partial charge in [0.2, 0.25) is 29.5 Å². The number of halogens is 1. The Labute approximate surface area is 335 Å². The van der Waals surface area contributed by atoms with Crippen molar-refractivity contribution in [1.82, 2.24) is 25.4 Å². The second kappa shape index (κ2) is 19.5. The summed E-state index contributed by atoms with van der Waals surface area (Å²) in [6.07, 6.45) is -0.00198. The summed E-state index contributed by atoms with van der Waals surface area (Å²) in [5.74, 6) is -4.42. The molecule has 3 aromatic carbocycles. The highest BCUT2D eigenvalue weighted by molar-refractivity contribution is 7.18. The molecule has 0 bridgehead atoms. The van der Waals surface area contributed by atoms with Gasteiger partial charge in [0.15, 0.2) is 6.04 Å². The van der Waals surface area contributed by atoms with Gasteiger partial charge in [0, 0.05) is 19.5 Å². The minimum atomic E-state index is -1.13. The van der Waals surface area contributed by atoms with Crippen LogP contribution in [0.15, 0.2) is 72.8 Å². The third-order valence-corrected chi connectivity index (χ3v) is 10.4. The molecule has 0 radical (unpaired) electrons. The number of rotatable bonds is 19. The van der Waals surface area contributed by atoms with Crippen LogP contribution in [0, 0.1) is 0 Å². The number of fused-ring (bicyclic) bond motifs is 2. The van der Waals surface area contributed by atoms with Crippen LogP contribution < -0.4 is 16.0 Å². The van der Waals surface area contributed by atoms with Crippen molar-refractivity contribution in [1.29, 1.82) is 0 Å². The van der Waals surface area contributed by atoms with E-state index in [4.69, 9.17) is 25.8 Å². The number of hydrogen-bond donors (Lipinski definition) is 3. The molecule has 2 unspecified atom stereocenters. The molecule has 6 rings (SSSR count). The quantitative estimate of drug-likeness (QED) is 0.0714. The zero-order valence-electron chi connectivity index (χ0n) is 30.6. The zero-order chi connectivity index (χ0) is 40.3. The molecule has 3 heterocycles. The maximum absolute atomic E-state index is 13.7. The van der Waals surface area contributed by atoms with Gasteiger partial charge in [0.1, 0.15) is 23.5 Å². The Kier molecular flexibility index (Phi) is 14.1. The lowest BCUT2D eigenvalue weighted by Gasteiger charge is -2.29. The molecule has 3 N–H and O–H groups in total. The molecule has 0 spiro atoms. The molecule has 0 aliphatic carbocycles. The summed E-state index contributed by atoms with van der Waals surface area (Å²) in [5, 5.41) is 8.11. The molecule has 57 heavy (non-hydrogen) atoms. The Morgan fingerprint density at radius 3 is 2.35 bits per heavy atom. The van der Waals surface area contributed by atoms with Crippen LogP contribution in [-0.4, -0.2) is 114 Å². The summed E-state index contributed by atoms with van der Waals surface area (Å²) in [7, 11) is 0. The third-order valence-electron chi connectivity index (χ3n) is 9.04. The van der Waals surface area contributed by atoms with E-state index in [1.807, 2.05) is 54.6 Å². The van der Waals surface area contributed by atoms with Crippen molar-refractivity contribution in [3.8, 4) is 0 Å². The Balaban J connectivity index is 0.931. The number of alkyl halides is 1. The van der Waals surface area contributed by atoms with Crippen LogP contribution in [0.3, 0.4) is 0 Å². The summed E-state index contributed by atoms with van der Waals surface area (Å²) in [5.41, 5.74) is 1.69. The average molecular weight is 819 g/mol. The molecule has 2 aliphatic rings. The van der Waals surface area contributed by atoms with Crippen molar-refractivity contribution in [2.75, 3.05) is 57.4 Å². The number of anilines is 1. The van der Waals surface area contributed by atoms with Crippen molar-refractivity contribution in [3.05, 3.63) is 94.5 Å². The van der Waals surface area contributed by atoms with Crippen LogP contribution in [0.25, 0.3) is 10.2 Å². The predicted octanol–water partition coefficient (Wildman–Crippen LogP) is 2.81. The number of benzene rings is 3. The highest BCUT2D eigenvalue weighted by Gasteiger charge is 2.45. The fraction of sp³-hybridized carbons (Fsp3) is 0.333. The van der Waals surface area contributed by atoms with Gasteiger partial charge >= 0.3 is 0 Å². The average Bonchev–Trinajstić information content (AvgIpc) is 3.75. The second-order valence-electron chi connectivity index (χ2n) is 12.8. The Morgan fingerprint density at radius 2 is 1.61 bits per heavy atom. The highest BCUT2D eigenvalue weighted by atomic mass is 35.5. The molecule has 1 aromatic heterocycles. The van der Waals surface area contributed by atoms with E-state index in [-0.39, 0.29) is 88.3 Å². The molecule has 16 nitrogen and oxygen atoms in total.